The molecule has 1 N–H and O–H groups in total. The number of esters is 1. The van der Waals surface area contributed by atoms with Crippen LogP contribution in [0.3, 0.4) is 0 Å². The average Bonchev–Trinajstić information content (AvgIpc) is 3.10. The summed E-state index contributed by atoms with van der Waals surface area (Å²) in [7, 11) is 1.52. The average molecular weight is 394 g/mol. The van der Waals surface area contributed by atoms with E-state index in [1.54, 1.807) is 19.1 Å². The summed E-state index contributed by atoms with van der Waals surface area (Å²) in [5.74, 6) is -0.0558. The third-order valence-electron chi connectivity index (χ3n) is 4.28. The summed E-state index contributed by atoms with van der Waals surface area (Å²) >= 11 is 0. The first kappa shape index (κ1) is 20.1. The van der Waals surface area contributed by atoms with Gasteiger partial charge in [0.05, 0.1) is 12.8 Å². The molecule has 0 fully saturated rings. The summed E-state index contributed by atoms with van der Waals surface area (Å²) < 4.78 is 16.1. The third-order valence-corrected chi connectivity index (χ3v) is 4.28. The van der Waals surface area contributed by atoms with Crippen LogP contribution in [-0.4, -0.2) is 30.1 Å². The molecule has 1 heterocycles. The van der Waals surface area contributed by atoms with Gasteiger partial charge in [-0.2, -0.15) is 0 Å². The van der Waals surface area contributed by atoms with Crippen molar-refractivity contribution in [3.05, 3.63) is 65.5 Å². The molecular weight excluding hydrogens is 372 g/mol. The zero-order chi connectivity index (χ0) is 21.0. The lowest BCUT2D eigenvalue weighted by Gasteiger charge is -2.15. The number of hydrogen-bond acceptors (Lipinski definition) is 6. The highest BCUT2D eigenvalue weighted by atomic mass is 16.5. The lowest BCUT2D eigenvalue weighted by molar-refractivity contribution is -0.123. The summed E-state index contributed by atoms with van der Waals surface area (Å²) in [5.41, 5.74) is 2.24. The zero-order valence-corrected chi connectivity index (χ0v) is 16.7. The van der Waals surface area contributed by atoms with Crippen molar-refractivity contribution in [1.82, 2.24) is 4.98 Å². The van der Waals surface area contributed by atoms with Gasteiger partial charge in [0.2, 0.25) is 5.89 Å². The maximum absolute atomic E-state index is 12.5. The number of nitrogens with one attached hydrogen (secondary N) is 1. The first-order valence-electron chi connectivity index (χ1n) is 9.08. The number of benzene rings is 2. The Morgan fingerprint density at radius 3 is 2.52 bits per heavy atom. The van der Waals surface area contributed by atoms with Crippen molar-refractivity contribution in [3.63, 3.8) is 0 Å². The van der Waals surface area contributed by atoms with Crippen LogP contribution in [0.1, 0.15) is 28.7 Å². The minimum Gasteiger partial charge on any atom is -0.495 e. The van der Waals surface area contributed by atoms with E-state index in [0.29, 0.717) is 23.1 Å². The van der Waals surface area contributed by atoms with E-state index in [4.69, 9.17) is 13.9 Å². The standard InChI is InChI=1S/C22H22N2O5/c1-13-10-11-18(27-4)17(12-13)23-20(25)15(3)29-22(26)19-14(2)28-21(24-19)16-8-6-5-7-9-16/h5-12,15H,1-4H3,(H,23,25)/t15-/m1/s1. The van der Waals surface area contributed by atoms with Gasteiger partial charge in [0, 0.05) is 5.56 Å². The van der Waals surface area contributed by atoms with E-state index in [1.165, 1.54) is 14.0 Å². The Bertz CT molecular complexity index is 1030. The predicted molar refractivity (Wildman–Crippen MR) is 108 cm³/mol. The van der Waals surface area contributed by atoms with Crippen molar-refractivity contribution in [2.24, 2.45) is 0 Å². The van der Waals surface area contributed by atoms with Crippen LogP contribution in [0, 0.1) is 13.8 Å². The number of methoxy groups -OCH3 is 1. The van der Waals surface area contributed by atoms with Crippen LogP contribution >= 0.6 is 0 Å². The highest BCUT2D eigenvalue weighted by Crippen LogP contribution is 2.26. The van der Waals surface area contributed by atoms with Crippen LogP contribution in [0.15, 0.2) is 52.9 Å². The molecule has 0 aliphatic heterocycles. The van der Waals surface area contributed by atoms with Gasteiger partial charge in [-0.05, 0) is 50.6 Å². The van der Waals surface area contributed by atoms with E-state index in [-0.39, 0.29) is 5.69 Å². The second-order valence-corrected chi connectivity index (χ2v) is 6.53. The van der Waals surface area contributed by atoms with Gasteiger partial charge >= 0.3 is 5.97 Å². The molecule has 1 atom stereocenters. The smallest absolute Gasteiger partial charge is 0.361 e. The van der Waals surface area contributed by atoms with Gasteiger partial charge in [-0.1, -0.05) is 24.3 Å². The normalized spacial score (nSPS) is 11.6. The van der Waals surface area contributed by atoms with Crippen molar-refractivity contribution in [1.29, 1.82) is 0 Å². The lowest BCUT2D eigenvalue weighted by Crippen LogP contribution is -2.30. The summed E-state index contributed by atoms with van der Waals surface area (Å²) in [5, 5.41) is 2.72. The molecule has 0 aliphatic carbocycles. The molecule has 0 aliphatic rings. The molecular formula is C22H22N2O5. The van der Waals surface area contributed by atoms with Crippen molar-refractivity contribution in [2.45, 2.75) is 26.9 Å². The summed E-state index contributed by atoms with van der Waals surface area (Å²) in [6, 6.07) is 14.6. The first-order valence-corrected chi connectivity index (χ1v) is 9.08. The van der Waals surface area contributed by atoms with Crippen LogP contribution in [0.25, 0.3) is 11.5 Å². The molecule has 0 saturated carbocycles. The molecule has 7 nitrogen and oxygen atoms in total. The summed E-state index contributed by atoms with van der Waals surface area (Å²) in [4.78, 5) is 29.2. The molecule has 150 valence electrons. The number of carbonyl (C=O) groups is 2. The quantitative estimate of drug-likeness (QED) is 0.632. The minimum absolute atomic E-state index is 0.0386. The Balaban J connectivity index is 1.70. The van der Waals surface area contributed by atoms with Crippen LogP contribution in [-0.2, 0) is 9.53 Å². The van der Waals surface area contributed by atoms with E-state index >= 15 is 0 Å². The zero-order valence-electron chi connectivity index (χ0n) is 16.7. The number of oxazole rings is 1. The van der Waals surface area contributed by atoms with Crippen LogP contribution in [0.4, 0.5) is 5.69 Å². The Kier molecular flexibility index (Phi) is 5.97. The van der Waals surface area contributed by atoms with E-state index in [9.17, 15) is 9.59 Å². The molecule has 0 spiro atoms. The van der Waals surface area contributed by atoms with Crippen molar-refractivity contribution >= 4 is 17.6 Å². The second-order valence-electron chi connectivity index (χ2n) is 6.53. The Hall–Kier alpha value is -3.61. The molecule has 0 saturated heterocycles. The molecule has 29 heavy (non-hydrogen) atoms. The Labute approximate surface area is 168 Å². The number of carbonyl (C=O) groups excluding carboxylic acids is 2. The van der Waals surface area contributed by atoms with Gasteiger partial charge in [-0.3, -0.25) is 4.79 Å². The largest absolute Gasteiger partial charge is 0.495 e. The fourth-order valence-corrected chi connectivity index (χ4v) is 2.71. The number of amides is 1. The number of anilines is 1. The topological polar surface area (TPSA) is 90.7 Å². The molecule has 1 aromatic heterocycles. The van der Waals surface area contributed by atoms with Crippen LogP contribution < -0.4 is 10.1 Å². The monoisotopic (exact) mass is 394 g/mol. The van der Waals surface area contributed by atoms with Gasteiger partial charge in [-0.25, -0.2) is 9.78 Å². The van der Waals surface area contributed by atoms with Crippen molar-refractivity contribution < 1.29 is 23.5 Å². The lowest BCUT2D eigenvalue weighted by atomic mass is 10.2. The van der Waals surface area contributed by atoms with E-state index in [1.807, 2.05) is 43.3 Å². The molecule has 1 amide bonds. The number of nitrogens with zero attached hydrogens (tertiary/aromatic N) is 1. The molecule has 2 aromatic carbocycles. The van der Waals surface area contributed by atoms with Gasteiger partial charge < -0.3 is 19.2 Å². The molecule has 3 aromatic rings. The van der Waals surface area contributed by atoms with Gasteiger partial charge in [0.15, 0.2) is 11.8 Å². The van der Waals surface area contributed by atoms with E-state index < -0.39 is 18.0 Å². The number of hydrogen-bond donors (Lipinski definition) is 1. The fraction of sp³-hybridized carbons (Fsp3) is 0.227. The number of rotatable bonds is 6. The number of aromatic nitrogens is 1. The molecule has 0 radical (unpaired) electrons. The van der Waals surface area contributed by atoms with E-state index in [2.05, 4.69) is 10.3 Å². The fourth-order valence-electron chi connectivity index (χ4n) is 2.71. The van der Waals surface area contributed by atoms with Gasteiger partial charge in [-0.15, -0.1) is 0 Å². The van der Waals surface area contributed by atoms with Gasteiger partial charge in [0.25, 0.3) is 5.91 Å². The molecule has 0 bridgehead atoms. The molecule has 3 rings (SSSR count). The molecule has 0 unspecified atom stereocenters. The SMILES string of the molecule is COc1ccc(C)cc1NC(=O)[C@@H](C)OC(=O)c1nc(-c2ccccc2)oc1C. The van der Waals surface area contributed by atoms with Crippen molar-refractivity contribution in [2.75, 3.05) is 12.4 Å². The van der Waals surface area contributed by atoms with E-state index in [0.717, 1.165) is 11.1 Å². The highest BCUT2D eigenvalue weighted by molar-refractivity contribution is 5.98. The first-order chi connectivity index (χ1) is 13.9. The number of ether oxygens (including phenoxy) is 2. The highest BCUT2D eigenvalue weighted by Gasteiger charge is 2.25. The second kappa shape index (κ2) is 8.60. The maximum atomic E-state index is 12.5. The third kappa shape index (κ3) is 4.63. The summed E-state index contributed by atoms with van der Waals surface area (Å²) in [6.45, 7) is 5.01. The minimum atomic E-state index is -1.04. The molecule has 7 heteroatoms. The summed E-state index contributed by atoms with van der Waals surface area (Å²) in [6.07, 6.45) is -1.04. The maximum Gasteiger partial charge on any atom is 0.361 e. The number of aryl methyl sites for hydroxylation is 2. The van der Waals surface area contributed by atoms with Crippen LogP contribution in [0.5, 0.6) is 5.75 Å². The van der Waals surface area contributed by atoms with Crippen molar-refractivity contribution in [3.8, 4) is 17.2 Å². The predicted octanol–water partition coefficient (Wildman–Crippen LogP) is 4.15. The Morgan fingerprint density at radius 2 is 1.83 bits per heavy atom. The van der Waals surface area contributed by atoms with Gasteiger partial charge in [0.1, 0.15) is 11.5 Å². The van der Waals surface area contributed by atoms with Crippen LogP contribution in [0.2, 0.25) is 0 Å². The Morgan fingerprint density at radius 1 is 1.10 bits per heavy atom.